The number of aryl methyl sites for hydroxylation is 1. The second-order valence-corrected chi connectivity index (χ2v) is 5.01. The largest absolute Gasteiger partial charge is 0.378 e. The summed E-state index contributed by atoms with van der Waals surface area (Å²) < 4.78 is 0. The van der Waals surface area contributed by atoms with Crippen molar-refractivity contribution < 1.29 is 4.92 Å². The lowest BCUT2D eigenvalue weighted by molar-refractivity contribution is -0.384. The lowest BCUT2D eigenvalue weighted by Gasteiger charge is -2.20. The fourth-order valence-corrected chi connectivity index (χ4v) is 2.42. The Morgan fingerprint density at radius 2 is 2.21 bits per heavy atom. The molecule has 0 amide bonds. The van der Waals surface area contributed by atoms with Crippen LogP contribution in [0.4, 0.5) is 11.4 Å². The number of likely N-dealkylation sites (N-methyl/N-ethyl adjacent to an activating group) is 1. The summed E-state index contributed by atoms with van der Waals surface area (Å²) in [5, 5.41) is 14.3. The average Bonchev–Trinajstić information content (AvgIpc) is 3.18. The minimum Gasteiger partial charge on any atom is -0.378 e. The number of para-hydroxylation sites is 1. The highest BCUT2D eigenvalue weighted by Crippen LogP contribution is 2.28. The average molecular weight is 263 g/mol. The summed E-state index contributed by atoms with van der Waals surface area (Å²) in [5.41, 5.74) is 1.51. The quantitative estimate of drug-likeness (QED) is 0.607. The Balaban J connectivity index is 1.95. The molecule has 1 aliphatic rings. The summed E-state index contributed by atoms with van der Waals surface area (Å²) in [5.74, 6) is 0. The molecule has 5 nitrogen and oxygen atoms in total. The van der Waals surface area contributed by atoms with E-state index in [2.05, 4.69) is 17.1 Å². The molecule has 2 rings (SSSR count). The molecule has 1 aliphatic carbocycles. The number of nitrogens with zero attached hydrogens (tertiary/aromatic N) is 2. The Kier molecular flexibility index (Phi) is 4.37. The highest BCUT2D eigenvalue weighted by atomic mass is 16.6. The first-order chi connectivity index (χ1) is 9.13. The van der Waals surface area contributed by atoms with Gasteiger partial charge in [0.05, 0.1) is 4.92 Å². The summed E-state index contributed by atoms with van der Waals surface area (Å²) in [7, 11) is 0. The second kappa shape index (κ2) is 6.02. The lowest BCUT2D eigenvalue weighted by atomic mass is 10.1. The SMILES string of the molecule is CCN(CCNc1cccc(C)c1[N+](=O)[O-])C1CC1. The molecule has 1 fully saturated rings. The molecule has 0 saturated heterocycles. The zero-order valence-electron chi connectivity index (χ0n) is 11.6. The molecule has 0 atom stereocenters. The zero-order chi connectivity index (χ0) is 13.8. The molecule has 1 N–H and O–H groups in total. The van der Waals surface area contributed by atoms with Crippen molar-refractivity contribution in [1.29, 1.82) is 0 Å². The topological polar surface area (TPSA) is 58.4 Å². The van der Waals surface area contributed by atoms with Crippen LogP contribution in [-0.2, 0) is 0 Å². The van der Waals surface area contributed by atoms with Crippen LogP contribution in [0.2, 0.25) is 0 Å². The van der Waals surface area contributed by atoms with Crippen LogP contribution in [0.15, 0.2) is 18.2 Å². The lowest BCUT2D eigenvalue weighted by Crippen LogP contribution is -2.31. The van der Waals surface area contributed by atoms with E-state index in [0.29, 0.717) is 11.3 Å². The van der Waals surface area contributed by atoms with Gasteiger partial charge in [0.15, 0.2) is 0 Å². The van der Waals surface area contributed by atoms with Gasteiger partial charge in [0.1, 0.15) is 5.69 Å². The van der Waals surface area contributed by atoms with Gasteiger partial charge in [0.25, 0.3) is 5.69 Å². The Morgan fingerprint density at radius 1 is 1.47 bits per heavy atom. The van der Waals surface area contributed by atoms with E-state index in [0.717, 1.165) is 25.7 Å². The van der Waals surface area contributed by atoms with E-state index >= 15 is 0 Å². The van der Waals surface area contributed by atoms with Crippen LogP contribution >= 0.6 is 0 Å². The number of nitrogens with one attached hydrogen (secondary N) is 1. The maximum absolute atomic E-state index is 11.1. The van der Waals surface area contributed by atoms with E-state index in [1.165, 1.54) is 12.8 Å². The van der Waals surface area contributed by atoms with Gasteiger partial charge >= 0.3 is 0 Å². The smallest absolute Gasteiger partial charge is 0.295 e. The molecule has 0 radical (unpaired) electrons. The number of hydrogen-bond acceptors (Lipinski definition) is 4. The fraction of sp³-hybridized carbons (Fsp3) is 0.571. The molecule has 0 aliphatic heterocycles. The first kappa shape index (κ1) is 13.8. The molecular formula is C14H21N3O2. The Bertz CT molecular complexity index is 458. The molecule has 0 bridgehead atoms. The molecule has 1 aromatic carbocycles. The van der Waals surface area contributed by atoms with Gasteiger partial charge in [-0.15, -0.1) is 0 Å². The molecule has 1 saturated carbocycles. The van der Waals surface area contributed by atoms with Crippen molar-refractivity contribution in [3.05, 3.63) is 33.9 Å². The minimum atomic E-state index is -0.309. The normalized spacial score (nSPS) is 14.7. The van der Waals surface area contributed by atoms with Gasteiger partial charge in [-0.25, -0.2) is 0 Å². The van der Waals surface area contributed by atoms with E-state index in [1.54, 1.807) is 19.1 Å². The van der Waals surface area contributed by atoms with Crippen molar-refractivity contribution in [2.24, 2.45) is 0 Å². The van der Waals surface area contributed by atoms with Crippen LogP contribution < -0.4 is 5.32 Å². The van der Waals surface area contributed by atoms with Crippen LogP contribution in [0, 0.1) is 17.0 Å². The molecule has 0 spiro atoms. The van der Waals surface area contributed by atoms with Gasteiger partial charge in [-0.05, 0) is 32.4 Å². The van der Waals surface area contributed by atoms with Crippen LogP contribution in [0.5, 0.6) is 0 Å². The van der Waals surface area contributed by atoms with Gasteiger partial charge in [-0.1, -0.05) is 19.1 Å². The van der Waals surface area contributed by atoms with Crippen molar-refractivity contribution in [2.45, 2.75) is 32.7 Å². The summed E-state index contributed by atoms with van der Waals surface area (Å²) in [6.07, 6.45) is 2.58. The van der Waals surface area contributed by atoms with Crippen LogP contribution in [-0.4, -0.2) is 35.5 Å². The minimum absolute atomic E-state index is 0.192. The van der Waals surface area contributed by atoms with Crippen molar-refractivity contribution in [3.63, 3.8) is 0 Å². The molecular weight excluding hydrogens is 242 g/mol. The van der Waals surface area contributed by atoms with E-state index in [1.807, 2.05) is 6.07 Å². The van der Waals surface area contributed by atoms with E-state index in [-0.39, 0.29) is 10.6 Å². The molecule has 0 heterocycles. The fourth-order valence-electron chi connectivity index (χ4n) is 2.42. The predicted molar refractivity (Wildman–Crippen MR) is 76.6 cm³/mol. The van der Waals surface area contributed by atoms with Crippen LogP contribution in [0.1, 0.15) is 25.3 Å². The van der Waals surface area contributed by atoms with Gasteiger partial charge in [0.2, 0.25) is 0 Å². The van der Waals surface area contributed by atoms with Gasteiger partial charge in [0, 0.05) is 24.7 Å². The third-order valence-corrected chi connectivity index (χ3v) is 3.60. The molecule has 104 valence electrons. The number of benzene rings is 1. The Hall–Kier alpha value is -1.62. The Labute approximate surface area is 113 Å². The summed E-state index contributed by atoms with van der Waals surface area (Å²) in [6.45, 7) is 6.66. The maximum Gasteiger partial charge on any atom is 0.295 e. The standard InChI is InChI=1S/C14H21N3O2/c1-3-16(12-7-8-12)10-9-15-13-6-4-5-11(2)14(13)17(18)19/h4-6,12,15H,3,7-10H2,1-2H3. The highest BCUT2D eigenvalue weighted by molar-refractivity contribution is 5.64. The number of hydrogen-bond donors (Lipinski definition) is 1. The zero-order valence-corrected chi connectivity index (χ0v) is 11.6. The first-order valence-electron chi connectivity index (χ1n) is 6.85. The predicted octanol–water partition coefficient (Wildman–Crippen LogP) is 2.80. The van der Waals surface area contributed by atoms with E-state index < -0.39 is 0 Å². The molecule has 0 aromatic heterocycles. The van der Waals surface area contributed by atoms with Crippen molar-refractivity contribution in [1.82, 2.24) is 4.90 Å². The Morgan fingerprint density at radius 3 is 2.79 bits per heavy atom. The van der Waals surface area contributed by atoms with Crippen molar-refractivity contribution in [3.8, 4) is 0 Å². The van der Waals surface area contributed by atoms with Crippen molar-refractivity contribution in [2.75, 3.05) is 25.0 Å². The molecule has 19 heavy (non-hydrogen) atoms. The molecule has 1 aromatic rings. The summed E-state index contributed by atoms with van der Waals surface area (Å²) in [6, 6.07) is 6.13. The van der Waals surface area contributed by atoms with E-state index in [4.69, 9.17) is 0 Å². The summed E-state index contributed by atoms with van der Waals surface area (Å²) >= 11 is 0. The maximum atomic E-state index is 11.1. The highest BCUT2D eigenvalue weighted by Gasteiger charge is 2.27. The van der Waals surface area contributed by atoms with Crippen molar-refractivity contribution >= 4 is 11.4 Å². The number of nitro groups is 1. The third-order valence-electron chi connectivity index (χ3n) is 3.60. The van der Waals surface area contributed by atoms with E-state index in [9.17, 15) is 10.1 Å². The number of rotatable bonds is 7. The summed E-state index contributed by atoms with van der Waals surface area (Å²) in [4.78, 5) is 13.2. The first-order valence-corrected chi connectivity index (χ1v) is 6.85. The van der Waals surface area contributed by atoms with Gasteiger partial charge < -0.3 is 5.32 Å². The third kappa shape index (κ3) is 3.44. The molecule has 0 unspecified atom stereocenters. The number of nitro benzene ring substituents is 1. The molecule has 5 heteroatoms. The second-order valence-electron chi connectivity index (χ2n) is 5.01. The van der Waals surface area contributed by atoms with Gasteiger partial charge in [-0.2, -0.15) is 0 Å². The van der Waals surface area contributed by atoms with Crippen LogP contribution in [0.25, 0.3) is 0 Å². The number of anilines is 1. The van der Waals surface area contributed by atoms with Gasteiger partial charge in [-0.3, -0.25) is 15.0 Å². The monoisotopic (exact) mass is 263 g/mol. The van der Waals surface area contributed by atoms with Crippen LogP contribution in [0.3, 0.4) is 0 Å².